The lowest BCUT2D eigenvalue weighted by Crippen LogP contribution is -2.23. The van der Waals surface area contributed by atoms with Crippen molar-refractivity contribution in [3.05, 3.63) is 126 Å². The second-order valence-corrected chi connectivity index (χ2v) is 11.1. The van der Waals surface area contributed by atoms with Gasteiger partial charge in [-0.2, -0.15) is 4.98 Å². The molecule has 41 heavy (non-hydrogen) atoms. The Labute approximate surface area is 237 Å². The summed E-state index contributed by atoms with van der Waals surface area (Å²) in [6.07, 6.45) is 3.75. The van der Waals surface area contributed by atoms with E-state index in [-0.39, 0.29) is 10.7 Å². The van der Waals surface area contributed by atoms with Crippen LogP contribution in [0.2, 0.25) is 0 Å². The van der Waals surface area contributed by atoms with Crippen molar-refractivity contribution in [2.24, 2.45) is 0 Å². The molecule has 9 nitrogen and oxygen atoms in total. The van der Waals surface area contributed by atoms with Crippen LogP contribution in [-0.2, 0) is 22.9 Å². The molecule has 11 heteroatoms. The Hall–Kier alpha value is -4.45. The number of aliphatic hydroxyl groups excluding tert-OH is 1. The maximum Gasteiger partial charge on any atom is 0.261 e. The highest BCUT2D eigenvalue weighted by Gasteiger charge is 2.16. The second kappa shape index (κ2) is 12.8. The Kier molecular flexibility index (Phi) is 8.78. The van der Waals surface area contributed by atoms with Crippen LogP contribution in [0.15, 0.2) is 107 Å². The van der Waals surface area contributed by atoms with Gasteiger partial charge in [0, 0.05) is 35.8 Å². The molecule has 2 heterocycles. The zero-order chi connectivity index (χ0) is 28.7. The number of halogens is 1. The first-order chi connectivity index (χ1) is 19.9. The van der Waals surface area contributed by atoms with Gasteiger partial charge in [0.1, 0.15) is 5.82 Å². The fourth-order valence-electron chi connectivity index (χ4n) is 4.12. The minimum absolute atomic E-state index is 0.0942. The van der Waals surface area contributed by atoms with Gasteiger partial charge in [-0.1, -0.05) is 35.5 Å². The quantitative estimate of drug-likeness (QED) is 0.186. The summed E-state index contributed by atoms with van der Waals surface area (Å²) < 4.78 is 46.9. The number of benzene rings is 3. The average molecular weight is 574 g/mol. The van der Waals surface area contributed by atoms with Gasteiger partial charge in [-0.15, -0.1) is 0 Å². The van der Waals surface area contributed by atoms with Crippen molar-refractivity contribution in [2.45, 2.75) is 23.8 Å². The highest BCUT2D eigenvalue weighted by Crippen LogP contribution is 2.22. The molecule has 2 aromatic heterocycles. The third kappa shape index (κ3) is 7.60. The number of nitrogens with one attached hydrogen (secondary N) is 2. The van der Waals surface area contributed by atoms with E-state index in [1.54, 1.807) is 54.9 Å². The van der Waals surface area contributed by atoms with Crippen LogP contribution in [0.1, 0.15) is 28.7 Å². The number of aromatic nitrogens is 3. The molecule has 0 bridgehead atoms. The predicted molar refractivity (Wildman–Crippen MR) is 152 cm³/mol. The minimum atomic E-state index is -3.81. The molecule has 0 radical (unpaired) electrons. The van der Waals surface area contributed by atoms with Crippen LogP contribution in [0, 0.1) is 5.82 Å². The Morgan fingerprint density at radius 3 is 2.37 bits per heavy atom. The van der Waals surface area contributed by atoms with E-state index in [9.17, 15) is 17.9 Å². The lowest BCUT2D eigenvalue weighted by Gasteiger charge is -2.12. The van der Waals surface area contributed by atoms with Crippen molar-refractivity contribution < 1.29 is 22.4 Å². The van der Waals surface area contributed by atoms with E-state index in [1.165, 1.54) is 24.3 Å². The van der Waals surface area contributed by atoms with Gasteiger partial charge in [0.05, 0.1) is 17.4 Å². The standard InChI is InChI=1S/C30H28FN5O4S/c31-25-9-3-22(4-10-25)18-29-34-30(35-40-29)23-7-13-27(14-8-23)41(38,39)36-26-11-5-21(6-12-26)15-17-33-20-28(37)24-2-1-16-32-19-24/h1-14,16,19,28,33,36-37H,15,17-18,20H2/t28-/m0/s1. The summed E-state index contributed by atoms with van der Waals surface area (Å²) in [5, 5.41) is 17.4. The number of anilines is 1. The van der Waals surface area contributed by atoms with Gasteiger partial charge in [0.25, 0.3) is 10.0 Å². The number of hydrogen-bond donors (Lipinski definition) is 3. The highest BCUT2D eigenvalue weighted by atomic mass is 32.2. The van der Waals surface area contributed by atoms with Crippen LogP contribution in [0.4, 0.5) is 10.1 Å². The van der Waals surface area contributed by atoms with Gasteiger partial charge >= 0.3 is 0 Å². The lowest BCUT2D eigenvalue weighted by molar-refractivity contribution is 0.174. The number of aliphatic hydroxyl groups is 1. The van der Waals surface area contributed by atoms with Gasteiger partial charge in [-0.05, 0) is 78.7 Å². The second-order valence-electron chi connectivity index (χ2n) is 9.40. The van der Waals surface area contributed by atoms with Crippen molar-refractivity contribution in [1.29, 1.82) is 0 Å². The van der Waals surface area contributed by atoms with Gasteiger partial charge in [-0.25, -0.2) is 12.8 Å². The van der Waals surface area contributed by atoms with Crippen molar-refractivity contribution in [3.8, 4) is 11.4 Å². The Morgan fingerprint density at radius 1 is 0.927 bits per heavy atom. The largest absolute Gasteiger partial charge is 0.387 e. The van der Waals surface area contributed by atoms with Crippen LogP contribution in [0.3, 0.4) is 0 Å². The number of nitrogens with zero attached hydrogens (tertiary/aromatic N) is 3. The number of pyridine rings is 1. The van der Waals surface area contributed by atoms with E-state index in [0.29, 0.717) is 42.5 Å². The van der Waals surface area contributed by atoms with Crippen molar-refractivity contribution in [3.63, 3.8) is 0 Å². The zero-order valence-electron chi connectivity index (χ0n) is 21.9. The summed E-state index contributed by atoms with van der Waals surface area (Å²) in [6.45, 7) is 1.06. The fourth-order valence-corrected chi connectivity index (χ4v) is 5.18. The molecule has 0 aliphatic rings. The number of rotatable bonds is 12. The van der Waals surface area contributed by atoms with E-state index < -0.39 is 16.1 Å². The molecule has 5 aromatic rings. The van der Waals surface area contributed by atoms with Crippen LogP contribution in [0.25, 0.3) is 11.4 Å². The van der Waals surface area contributed by atoms with Crippen LogP contribution < -0.4 is 10.0 Å². The minimum Gasteiger partial charge on any atom is -0.387 e. The summed E-state index contributed by atoms with van der Waals surface area (Å²) in [4.78, 5) is 8.47. The van der Waals surface area contributed by atoms with Crippen LogP contribution in [0.5, 0.6) is 0 Å². The molecule has 0 amide bonds. The first-order valence-corrected chi connectivity index (χ1v) is 14.4. The van der Waals surface area contributed by atoms with E-state index in [4.69, 9.17) is 4.52 Å². The Bertz CT molecular complexity index is 1660. The molecule has 1 atom stereocenters. The third-order valence-electron chi connectivity index (χ3n) is 6.36. The van der Waals surface area contributed by atoms with Crippen molar-refractivity contribution in [2.75, 3.05) is 17.8 Å². The highest BCUT2D eigenvalue weighted by molar-refractivity contribution is 7.92. The lowest BCUT2D eigenvalue weighted by atomic mass is 10.1. The molecule has 210 valence electrons. The Morgan fingerprint density at radius 2 is 1.66 bits per heavy atom. The Balaban J connectivity index is 1.12. The van der Waals surface area contributed by atoms with Crippen molar-refractivity contribution >= 4 is 15.7 Å². The number of sulfonamides is 1. The molecule has 0 aliphatic carbocycles. The smallest absolute Gasteiger partial charge is 0.261 e. The summed E-state index contributed by atoms with van der Waals surface area (Å²) in [7, 11) is -3.81. The molecule has 3 N–H and O–H groups in total. The first kappa shape index (κ1) is 28.1. The van der Waals surface area contributed by atoms with E-state index >= 15 is 0 Å². The van der Waals surface area contributed by atoms with Crippen LogP contribution in [-0.4, -0.2) is 41.7 Å². The maximum absolute atomic E-state index is 13.1. The molecule has 0 unspecified atom stereocenters. The average Bonchev–Trinajstić information content (AvgIpc) is 3.46. The molecular formula is C30H28FN5O4S. The molecule has 0 aliphatic heterocycles. The topological polar surface area (TPSA) is 130 Å². The molecular weight excluding hydrogens is 545 g/mol. The molecule has 3 aromatic carbocycles. The maximum atomic E-state index is 13.1. The predicted octanol–water partition coefficient (Wildman–Crippen LogP) is 4.53. The zero-order valence-corrected chi connectivity index (χ0v) is 22.8. The normalized spacial score (nSPS) is 12.2. The monoisotopic (exact) mass is 573 g/mol. The van der Waals surface area contributed by atoms with E-state index in [2.05, 4.69) is 25.2 Å². The molecule has 0 fully saturated rings. The third-order valence-corrected chi connectivity index (χ3v) is 7.76. The molecule has 0 saturated heterocycles. The summed E-state index contributed by atoms with van der Waals surface area (Å²) in [6, 6.07) is 23.0. The van der Waals surface area contributed by atoms with Gasteiger partial charge in [0.15, 0.2) is 0 Å². The number of hydrogen-bond acceptors (Lipinski definition) is 8. The fraction of sp³-hybridized carbons (Fsp3) is 0.167. The van der Waals surface area contributed by atoms with Gasteiger partial charge < -0.3 is 14.9 Å². The van der Waals surface area contributed by atoms with Crippen LogP contribution >= 0.6 is 0 Å². The molecule has 5 rings (SSSR count). The van der Waals surface area contributed by atoms with Crippen molar-refractivity contribution in [1.82, 2.24) is 20.4 Å². The van der Waals surface area contributed by atoms with E-state index in [0.717, 1.165) is 23.1 Å². The molecule has 0 spiro atoms. The van der Waals surface area contributed by atoms with E-state index in [1.807, 2.05) is 18.2 Å². The molecule has 0 saturated carbocycles. The first-order valence-electron chi connectivity index (χ1n) is 12.9. The van der Waals surface area contributed by atoms with Gasteiger partial charge in [-0.3, -0.25) is 9.71 Å². The summed E-state index contributed by atoms with van der Waals surface area (Å²) in [5.41, 5.74) is 3.66. The summed E-state index contributed by atoms with van der Waals surface area (Å²) >= 11 is 0. The SMILES string of the molecule is O=S(=O)(Nc1ccc(CCNC[C@H](O)c2cccnc2)cc1)c1ccc(-c2noc(Cc3ccc(F)cc3)n2)cc1. The summed E-state index contributed by atoms with van der Waals surface area (Å²) in [5.74, 6) is 0.377. The van der Waals surface area contributed by atoms with Gasteiger partial charge in [0.2, 0.25) is 11.7 Å².